The van der Waals surface area contributed by atoms with Gasteiger partial charge in [0.05, 0.1) is 12.2 Å². The predicted molar refractivity (Wildman–Crippen MR) is 112 cm³/mol. The van der Waals surface area contributed by atoms with Crippen molar-refractivity contribution in [1.82, 2.24) is 0 Å². The molecule has 0 radical (unpaired) electrons. The minimum absolute atomic E-state index is 0.108. The van der Waals surface area contributed by atoms with Crippen molar-refractivity contribution in [3.8, 4) is 0 Å². The van der Waals surface area contributed by atoms with Crippen molar-refractivity contribution < 1.29 is 19.7 Å². The second kappa shape index (κ2) is 8.55. The summed E-state index contributed by atoms with van der Waals surface area (Å²) in [7, 11) is 0. The molecule has 0 spiro atoms. The maximum atomic E-state index is 13.3. The van der Waals surface area contributed by atoms with Crippen LogP contribution in [0.15, 0.2) is 30.3 Å². The number of hydrogen-bond acceptors (Lipinski definition) is 3. The van der Waals surface area contributed by atoms with E-state index in [9.17, 15) is 19.7 Å². The van der Waals surface area contributed by atoms with Gasteiger partial charge in [-0.05, 0) is 96.4 Å². The first-order valence-electron chi connectivity index (χ1n) is 10.9. The summed E-state index contributed by atoms with van der Waals surface area (Å²) in [6, 6.07) is 9.04. The molecule has 1 saturated carbocycles. The summed E-state index contributed by atoms with van der Waals surface area (Å²) in [5, 5.41) is 30.3. The van der Waals surface area contributed by atoms with Crippen molar-refractivity contribution >= 4 is 0 Å². The molecule has 4 atom stereocenters. The highest BCUT2D eigenvalue weighted by Crippen LogP contribution is 2.42. The SMILES string of the molecule is CCc1c(C2CC(O)C(O)C(CO)C2)cc(Cc2ccc(F)cc2)c2c1CCC2. The van der Waals surface area contributed by atoms with Gasteiger partial charge in [-0.25, -0.2) is 4.39 Å². The van der Waals surface area contributed by atoms with Gasteiger partial charge in [-0.2, -0.15) is 0 Å². The highest BCUT2D eigenvalue weighted by atomic mass is 19.1. The molecule has 29 heavy (non-hydrogen) atoms. The normalized spacial score (nSPS) is 26.5. The Morgan fingerprint density at radius 1 is 1.03 bits per heavy atom. The Kier molecular flexibility index (Phi) is 6.05. The van der Waals surface area contributed by atoms with Crippen molar-refractivity contribution in [1.29, 1.82) is 0 Å². The lowest BCUT2D eigenvalue weighted by atomic mass is 9.72. The van der Waals surface area contributed by atoms with Gasteiger partial charge in [0, 0.05) is 12.5 Å². The molecule has 1 fully saturated rings. The van der Waals surface area contributed by atoms with Crippen LogP contribution in [0.25, 0.3) is 0 Å². The fourth-order valence-corrected chi connectivity index (χ4v) is 5.51. The van der Waals surface area contributed by atoms with E-state index in [0.717, 1.165) is 37.7 Å². The van der Waals surface area contributed by atoms with Crippen molar-refractivity contribution in [3.63, 3.8) is 0 Å². The number of halogens is 1. The minimum atomic E-state index is -0.852. The van der Waals surface area contributed by atoms with Crippen molar-refractivity contribution in [2.45, 2.75) is 70.0 Å². The number of fused-ring (bicyclic) bond motifs is 1. The van der Waals surface area contributed by atoms with Gasteiger partial charge in [0.15, 0.2) is 0 Å². The summed E-state index contributed by atoms with van der Waals surface area (Å²) in [4.78, 5) is 0. The Bertz CT molecular complexity index is 861. The summed E-state index contributed by atoms with van der Waals surface area (Å²) in [6.45, 7) is 2.08. The van der Waals surface area contributed by atoms with Crippen LogP contribution in [0.4, 0.5) is 4.39 Å². The number of aliphatic hydroxyl groups is 3. The summed E-state index contributed by atoms with van der Waals surface area (Å²) < 4.78 is 13.3. The Hall–Kier alpha value is -1.75. The van der Waals surface area contributed by atoms with Gasteiger partial charge >= 0.3 is 0 Å². The summed E-state index contributed by atoms with van der Waals surface area (Å²) in [5.41, 5.74) is 7.98. The van der Waals surface area contributed by atoms with Gasteiger partial charge in [0.2, 0.25) is 0 Å². The van der Waals surface area contributed by atoms with Crippen LogP contribution in [0.3, 0.4) is 0 Å². The van der Waals surface area contributed by atoms with Crippen molar-refractivity contribution in [3.05, 3.63) is 69.5 Å². The molecule has 0 amide bonds. The van der Waals surface area contributed by atoms with E-state index < -0.39 is 12.2 Å². The monoisotopic (exact) mass is 398 g/mol. The molecule has 2 aliphatic carbocycles. The van der Waals surface area contributed by atoms with Crippen LogP contribution < -0.4 is 0 Å². The fourth-order valence-electron chi connectivity index (χ4n) is 5.51. The van der Waals surface area contributed by atoms with E-state index in [1.807, 2.05) is 12.1 Å². The van der Waals surface area contributed by atoms with E-state index in [-0.39, 0.29) is 24.3 Å². The van der Waals surface area contributed by atoms with E-state index in [4.69, 9.17) is 0 Å². The topological polar surface area (TPSA) is 60.7 Å². The zero-order chi connectivity index (χ0) is 20.5. The van der Waals surface area contributed by atoms with E-state index in [2.05, 4.69) is 13.0 Å². The molecule has 3 N–H and O–H groups in total. The second-order valence-corrected chi connectivity index (χ2v) is 8.74. The van der Waals surface area contributed by atoms with Gasteiger partial charge in [0.25, 0.3) is 0 Å². The van der Waals surface area contributed by atoms with Gasteiger partial charge in [-0.15, -0.1) is 0 Å². The van der Waals surface area contributed by atoms with E-state index in [0.29, 0.717) is 12.8 Å². The molecular weight excluding hydrogens is 367 g/mol. The highest BCUT2D eigenvalue weighted by Gasteiger charge is 2.37. The first-order valence-corrected chi connectivity index (χ1v) is 10.9. The van der Waals surface area contributed by atoms with E-state index in [1.165, 1.54) is 39.9 Å². The number of rotatable bonds is 5. The quantitative estimate of drug-likeness (QED) is 0.720. The standard InChI is InChI=1S/C25H31FO3/c1-2-20-22-5-3-4-21(22)16(10-15-6-8-19(26)9-7-15)12-23(20)17-11-18(14-27)25(29)24(28)13-17/h6-9,12,17-18,24-25,27-29H,2-5,10-11,13-14H2,1H3. The largest absolute Gasteiger partial charge is 0.396 e. The predicted octanol–water partition coefficient (Wildman–Crippen LogP) is 3.68. The number of hydrogen-bond donors (Lipinski definition) is 3. The van der Waals surface area contributed by atoms with Gasteiger partial charge in [0.1, 0.15) is 5.82 Å². The van der Waals surface area contributed by atoms with Crippen molar-refractivity contribution in [2.75, 3.05) is 6.61 Å². The third-order valence-electron chi connectivity index (χ3n) is 6.97. The smallest absolute Gasteiger partial charge is 0.123 e. The average molecular weight is 399 g/mol. The Morgan fingerprint density at radius 3 is 2.45 bits per heavy atom. The third-order valence-corrected chi connectivity index (χ3v) is 6.97. The minimum Gasteiger partial charge on any atom is -0.396 e. The molecule has 2 aliphatic rings. The summed E-state index contributed by atoms with van der Waals surface area (Å²) >= 11 is 0. The molecule has 4 unspecified atom stereocenters. The van der Waals surface area contributed by atoms with Crippen LogP contribution in [-0.4, -0.2) is 34.1 Å². The maximum Gasteiger partial charge on any atom is 0.123 e. The summed E-state index contributed by atoms with van der Waals surface area (Å²) in [6.07, 6.45) is 4.63. The van der Waals surface area contributed by atoms with Crippen molar-refractivity contribution in [2.24, 2.45) is 5.92 Å². The third kappa shape index (κ3) is 3.98. The molecule has 0 aromatic heterocycles. The molecule has 0 bridgehead atoms. The van der Waals surface area contributed by atoms with Crippen LogP contribution in [-0.2, 0) is 25.7 Å². The van der Waals surface area contributed by atoms with E-state index in [1.54, 1.807) is 0 Å². The maximum absolute atomic E-state index is 13.3. The molecule has 3 nitrogen and oxygen atoms in total. The fraction of sp³-hybridized carbons (Fsp3) is 0.520. The van der Waals surface area contributed by atoms with Crippen LogP contribution in [0.5, 0.6) is 0 Å². The molecule has 2 aromatic carbocycles. The number of benzene rings is 2. The second-order valence-electron chi connectivity index (χ2n) is 8.74. The van der Waals surface area contributed by atoms with Crippen LogP contribution in [0, 0.1) is 11.7 Å². The van der Waals surface area contributed by atoms with Crippen LogP contribution in [0.2, 0.25) is 0 Å². The van der Waals surface area contributed by atoms with Crippen LogP contribution >= 0.6 is 0 Å². The number of aliphatic hydroxyl groups excluding tert-OH is 3. The molecule has 0 heterocycles. The van der Waals surface area contributed by atoms with Gasteiger partial charge in [-0.1, -0.05) is 25.1 Å². The molecule has 156 valence electrons. The van der Waals surface area contributed by atoms with E-state index >= 15 is 0 Å². The Labute approximate surface area is 172 Å². The van der Waals surface area contributed by atoms with Gasteiger partial charge in [-0.3, -0.25) is 0 Å². The Morgan fingerprint density at radius 2 is 1.76 bits per heavy atom. The first-order chi connectivity index (χ1) is 14.0. The lowest BCUT2D eigenvalue weighted by molar-refractivity contribution is -0.0648. The molecule has 2 aromatic rings. The van der Waals surface area contributed by atoms with Gasteiger partial charge < -0.3 is 15.3 Å². The first kappa shape index (κ1) is 20.5. The zero-order valence-corrected chi connectivity index (χ0v) is 17.1. The highest BCUT2D eigenvalue weighted by molar-refractivity contribution is 5.51. The average Bonchev–Trinajstić information content (AvgIpc) is 3.21. The summed E-state index contributed by atoms with van der Waals surface area (Å²) in [5.74, 6) is -0.369. The molecule has 4 rings (SSSR count). The van der Waals surface area contributed by atoms with Crippen LogP contribution in [0.1, 0.15) is 65.5 Å². The molecular formula is C25H31FO3. The Balaban J connectivity index is 1.74. The lowest BCUT2D eigenvalue weighted by Crippen LogP contribution is -2.42. The molecule has 0 aliphatic heterocycles. The molecule has 4 heteroatoms. The molecule has 0 saturated heterocycles. The zero-order valence-electron chi connectivity index (χ0n) is 17.1. The lowest BCUT2D eigenvalue weighted by Gasteiger charge is -2.37.